The van der Waals surface area contributed by atoms with E-state index in [0.717, 1.165) is 12.1 Å². The van der Waals surface area contributed by atoms with Crippen LogP contribution in [0.25, 0.3) is 0 Å². The number of nitrogens with zero attached hydrogens (tertiary/aromatic N) is 1. The Kier molecular flexibility index (Phi) is 3.19. The molecule has 2 rings (SSSR count). The number of halogens is 6. The van der Waals surface area contributed by atoms with Crippen molar-refractivity contribution in [3.05, 3.63) is 29.3 Å². The lowest BCUT2D eigenvalue weighted by Crippen LogP contribution is -2.39. The predicted molar refractivity (Wildman–Crippen MR) is 57.5 cm³/mol. The minimum absolute atomic E-state index is 0.0302. The molecule has 0 saturated heterocycles. The van der Waals surface area contributed by atoms with Gasteiger partial charge in [-0.25, -0.2) is 0 Å². The first-order chi connectivity index (χ1) is 8.96. The van der Waals surface area contributed by atoms with Crippen LogP contribution >= 0.6 is 0 Å². The summed E-state index contributed by atoms with van der Waals surface area (Å²) in [6.07, 6.45) is -5.16. The van der Waals surface area contributed by atoms with Gasteiger partial charge in [-0.2, -0.15) is 34.8 Å². The molecule has 0 N–H and O–H groups in total. The molecule has 1 aliphatic heterocycles. The van der Waals surface area contributed by atoms with Crippen molar-refractivity contribution < 1.29 is 34.8 Å². The van der Waals surface area contributed by atoms with Crippen LogP contribution in [0.3, 0.4) is 0 Å². The molecule has 3 nitrogen and oxygen atoms in total. The minimum Gasteiger partial charge on any atom is -0.262 e. The van der Waals surface area contributed by atoms with Crippen molar-refractivity contribution in [2.24, 2.45) is 0 Å². The van der Waals surface area contributed by atoms with Crippen molar-refractivity contribution in [1.82, 2.24) is 0 Å². The molecule has 0 unspecified atom stereocenters. The highest BCUT2D eigenvalue weighted by Gasteiger charge is 2.52. The second-order valence-electron chi connectivity index (χ2n) is 4.07. The minimum atomic E-state index is -5.69. The fourth-order valence-electron chi connectivity index (χ4n) is 2.05. The van der Waals surface area contributed by atoms with Crippen LogP contribution in [0.5, 0.6) is 0 Å². The highest BCUT2D eigenvalue weighted by Crippen LogP contribution is 2.42. The fourth-order valence-corrected chi connectivity index (χ4v) is 3.06. The number of sulfonamides is 1. The second-order valence-corrected chi connectivity index (χ2v) is 5.93. The first kappa shape index (κ1) is 14.9. The van der Waals surface area contributed by atoms with Gasteiger partial charge in [-0.3, -0.25) is 4.31 Å². The van der Waals surface area contributed by atoms with Crippen molar-refractivity contribution >= 4 is 15.7 Å². The maximum absolute atomic E-state index is 12.7. The lowest BCUT2D eigenvalue weighted by atomic mass is 10.0. The van der Waals surface area contributed by atoms with E-state index in [4.69, 9.17) is 0 Å². The molecular formula is C10H7F6NO2S. The van der Waals surface area contributed by atoms with Crippen molar-refractivity contribution in [3.8, 4) is 0 Å². The van der Waals surface area contributed by atoms with E-state index in [1.165, 1.54) is 0 Å². The van der Waals surface area contributed by atoms with Crippen LogP contribution in [0.15, 0.2) is 18.2 Å². The van der Waals surface area contributed by atoms with Crippen LogP contribution in [-0.4, -0.2) is 20.5 Å². The third-order valence-corrected chi connectivity index (χ3v) is 4.42. The predicted octanol–water partition coefficient (Wildman–Crippen LogP) is 2.92. The number of hydrogen-bond acceptors (Lipinski definition) is 2. The number of rotatable bonds is 1. The van der Waals surface area contributed by atoms with Gasteiger partial charge in [0, 0.05) is 6.54 Å². The van der Waals surface area contributed by atoms with E-state index in [1.54, 1.807) is 0 Å². The maximum Gasteiger partial charge on any atom is 0.516 e. The van der Waals surface area contributed by atoms with E-state index in [-0.39, 0.29) is 4.31 Å². The molecule has 0 saturated carbocycles. The highest BCUT2D eigenvalue weighted by molar-refractivity contribution is 7.93. The van der Waals surface area contributed by atoms with Gasteiger partial charge in [-0.15, -0.1) is 0 Å². The quantitative estimate of drug-likeness (QED) is 0.747. The largest absolute Gasteiger partial charge is 0.516 e. The summed E-state index contributed by atoms with van der Waals surface area (Å²) in [5.41, 5.74) is -7.68. The molecule has 0 radical (unpaired) electrons. The van der Waals surface area contributed by atoms with Crippen molar-refractivity contribution in [3.63, 3.8) is 0 Å². The maximum atomic E-state index is 12.7. The monoisotopic (exact) mass is 319 g/mol. The molecule has 1 heterocycles. The van der Waals surface area contributed by atoms with Crippen LogP contribution in [0.4, 0.5) is 32.0 Å². The lowest BCUT2D eigenvalue weighted by molar-refractivity contribution is -0.138. The number of benzene rings is 1. The van der Waals surface area contributed by atoms with Gasteiger partial charge in [-0.1, -0.05) is 6.07 Å². The first-order valence-electron chi connectivity index (χ1n) is 5.24. The Labute approximate surface area is 109 Å². The first-order valence-corrected chi connectivity index (χ1v) is 6.68. The van der Waals surface area contributed by atoms with Gasteiger partial charge in [0.1, 0.15) is 0 Å². The topological polar surface area (TPSA) is 37.4 Å². The molecule has 0 amide bonds. The number of alkyl halides is 6. The molecule has 0 aliphatic carbocycles. The third-order valence-electron chi connectivity index (χ3n) is 2.87. The van der Waals surface area contributed by atoms with E-state index in [9.17, 15) is 34.8 Å². The Morgan fingerprint density at radius 2 is 1.65 bits per heavy atom. The zero-order chi connectivity index (χ0) is 15.3. The van der Waals surface area contributed by atoms with Crippen LogP contribution < -0.4 is 4.31 Å². The summed E-state index contributed by atoms with van der Waals surface area (Å²) in [6.45, 7) is -0.662. The molecule has 10 heteroatoms. The highest BCUT2D eigenvalue weighted by atomic mass is 32.2. The Balaban J connectivity index is 2.57. The third kappa shape index (κ3) is 2.21. The summed E-state index contributed by atoms with van der Waals surface area (Å²) in [6, 6.07) is 2.52. The normalized spacial score (nSPS) is 16.4. The van der Waals surface area contributed by atoms with Gasteiger partial charge in [0.25, 0.3) is 0 Å². The Bertz CT molecular complexity index is 634. The molecule has 1 aromatic carbocycles. The lowest BCUT2D eigenvalue weighted by Gasteiger charge is -2.21. The van der Waals surface area contributed by atoms with Crippen molar-refractivity contribution in [2.45, 2.75) is 18.1 Å². The molecule has 1 aliphatic rings. The molecular weight excluding hydrogens is 312 g/mol. The summed E-state index contributed by atoms with van der Waals surface area (Å²) in [5.74, 6) is 0. The van der Waals surface area contributed by atoms with Gasteiger partial charge in [0.05, 0.1) is 11.3 Å². The van der Waals surface area contributed by atoms with Gasteiger partial charge >= 0.3 is 21.7 Å². The van der Waals surface area contributed by atoms with Crippen molar-refractivity contribution in [2.75, 3.05) is 10.8 Å². The summed E-state index contributed by atoms with van der Waals surface area (Å²) < 4.78 is 98.1. The molecule has 1 aromatic rings. The molecule has 0 aromatic heterocycles. The summed E-state index contributed by atoms with van der Waals surface area (Å²) in [7, 11) is -5.69. The van der Waals surface area contributed by atoms with Crippen LogP contribution in [0.1, 0.15) is 11.1 Å². The number of fused-ring (bicyclic) bond motifs is 1. The Morgan fingerprint density at radius 1 is 1.05 bits per heavy atom. The summed E-state index contributed by atoms with van der Waals surface area (Å²) in [4.78, 5) is 0. The van der Waals surface area contributed by atoms with Crippen molar-refractivity contribution in [1.29, 1.82) is 0 Å². The standard InChI is InChI=1S/C10H7F6NO2S/c11-9(12,13)7-2-1-3-8-6(7)4-5-17(8)20(18,19)10(14,15)16/h1-3H,4-5H2. The van der Waals surface area contributed by atoms with Gasteiger partial charge in [0.2, 0.25) is 0 Å². The summed E-state index contributed by atoms with van der Waals surface area (Å²) in [5, 5.41) is 0. The molecule has 112 valence electrons. The molecule has 20 heavy (non-hydrogen) atoms. The zero-order valence-corrected chi connectivity index (χ0v) is 10.4. The average molecular weight is 319 g/mol. The van der Waals surface area contributed by atoms with Crippen LogP contribution in [-0.2, 0) is 22.6 Å². The van der Waals surface area contributed by atoms with E-state index >= 15 is 0 Å². The zero-order valence-electron chi connectivity index (χ0n) is 9.59. The Hall–Kier alpha value is -1.45. The number of hydrogen-bond donors (Lipinski definition) is 0. The van der Waals surface area contributed by atoms with Crippen LogP contribution in [0.2, 0.25) is 0 Å². The van der Waals surface area contributed by atoms with E-state index in [2.05, 4.69) is 0 Å². The molecule has 0 spiro atoms. The molecule has 0 fully saturated rings. The SMILES string of the molecule is O=S(=O)(N1CCc2c1cccc2C(F)(F)F)C(F)(F)F. The molecule has 0 atom stereocenters. The van der Waals surface area contributed by atoms with E-state index in [0.29, 0.717) is 6.07 Å². The fraction of sp³-hybridized carbons (Fsp3) is 0.400. The average Bonchev–Trinajstić information content (AvgIpc) is 2.69. The Morgan fingerprint density at radius 3 is 2.15 bits per heavy atom. The van der Waals surface area contributed by atoms with Gasteiger partial charge in [0.15, 0.2) is 0 Å². The summed E-state index contributed by atoms with van der Waals surface area (Å²) >= 11 is 0. The smallest absolute Gasteiger partial charge is 0.262 e. The van der Waals surface area contributed by atoms with Gasteiger partial charge < -0.3 is 0 Å². The van der Waals surface area contributed by atoms with Gasteiger partial charge in [-0.05, 0) is 24.1 Å². The number of anilines is 1. The van der Waals surface area contributed by atoms with E-state index < -0.39 is 51.5 Å². The van der Waals surface area contributed by atoms with E-state index in [1.807, 2.05) is 0 Å². The second kappa shape index (κ2) is 4.27. The molecule has 0 bridgehead atoms. The van der Waals surface area contributed by atoms with Crippen LogP contribution in [0, 0.1) is 0 Å².